The van der Waals surface area contributed by atoms with E-state index in [1.165, 1.54) is 18.4 Å². The smallest absolute Gasteiger partial charge is 0.123 e. The molecule has 0 saturated carbocycles. The fraction of sp³-hybridized carbons (Fsp3) is 0.647. The van der Waals surface area contributed by atoms with Crippen LogP contribution in [0.2, 0.25) is 0 Å². The van der Waals surface area contributed by atoms with Gasteiger partial charge in [0, 0.05) is 12.6 Å². The molecule has 2 atom stereocenters. The van der Waals surface area contributed by atoms with Crippen LogP contribution >= 0.6 is 0 Å². The van der Waals surface area contributed by atoms with E-state index in [0.29, 0.717) is 18.1 Å². The molecule has 3 heteroatoms. The van der Waals surface area contributed by atoms with E-state index in [2.05, 4.69) is 19.2 Å². The Morgan fingerprint density at radius 1 is 1.30 bits per heavy atom. The Hall–Kier alpha value is -0.930. The summed E-state index contributed by atoms with van der Waals surface area (Å²) in [6.07, 6.45) is 4.86. The van der Waals surface area contributed by atoms with Crippen LogP contribution in [0, 0.1) is 11.7 Å². The third-order valence-electron chi connectivity index (χ3n) is 3.87. The number of hydrogen-bond acceptors (Lipinski definition) is 2. The predicted molar refractivity (Wildman–Crippen MR) is 80.3 cm³/mol. The fourth-order valence-corrected chi connectivity index (χ4v) is 2.80. The van der Waals surface area contributed by atoms with Crippen molar-refractivity contribution in [3.05, 3.63) is 35.6 Å². The molecular formula is C17H26FNO. The molecule has 1 N–H and O–H groups in total. The molecule has 0 spiro atoms. The molecule has 20 heavy (non-hydrogen) atoms. The lowest BCUT2D eigenvalue weighted by atomic mass is 9.92. The van der Waals surface area contributed by atoms with E-state index >= 15 is 0 Å². The SMILES string of the molecule is CC(C)NCC(Cc1ccc(F)cc1)CC1CCCO1. The Labute approximate surface area is 121 Å². The number of nitrogens with one attached hydrogen (secondary N) is 1. The fourth-order valence-electron chi connectivity index (χ4n) is 2.80. The Balaban J connectivity index is 1.91. The highest BCUT2D eigenvalue weighted by atomic mass is 19.1. The summed E-state index contributed by atoms with van der Waals surface area (Å²) in [5.74, 6) is 0.385. The van der Waals surface area contributed by atoms with Gasteiger partial charge in [0.1, 0.15) is 5.82 Å². The second-order valence-corrected chi connectivity index (χ2v) is 6.13. The van der Waals surface area contributed by atoms with E-state index in [-0.39, 0.29) is 5.82 Å². The second-order valence-electron chi connectivity index (χ2n) is 6.13. The Kier molecular flexibility index (Phi) is 5.99. The van der Waals surface area contributed by atoms with Gasteiger partial charge in [0.15, 0.2) is 0 Å². The van der Waals surface area contributed by atoms with Crippen LogP contribution in [0.5, 0.6) is 0 Å². The molecule has 2 nitrogen and oxygen atoms in total. The van der Waals surface area contributed by atoms with Crippen LogP contribution in [0.1, 0.15) is 38.7 Å². The normalized spacial score (nSPS) is 20.5. The van der Waals surface area contributed by atoms with Crippen molar-refractivity contribution < 1.29 is 9.13 Å². The molecule has 112 valence electrons. The number of ether oxygens (including phenoxy) is 1. The van der Waals surface area contributed by atoms with E-state index in [1.54, 1.807) is 12.1 Å². The average molecular weight is 279 g/mol. The number of rotatable bonds is 7. The number of halogens is 1. The molecule has 0 radical (unpaired) electrons. The summed E-state index contributed by atoms with van der Waals surface area (Å²) in [6, 6.07) is 7.39. The number of benzene rings is 1. The Morgan fingerprint density at radius 3 is 2.65 bits per heavy atom. The molecule has 1 saturated heterocycles. The Morgan fingerprint density at radius 2 is 2.05 bits per heavy atom. The van der Waals surface area contributed by atoms with Gasteiger partial charge >= 0.3 is 0 Å². The van der Waals surface area contributed by atoms with Crippen molar-refractivity contribution in [2.24, 2.45) is 5.92 Å². The monoisotopic (exact) mass is 279 g/mol. The van der Waals surface area contributed by atoms with Gasteiger partial charge in [0.25, 0.3) is 0 Å². The summed E-state index contributed by atoms with van der Waals surface area (Å²) in [7, 11) is 0. The zero-order valence-corrected chi connectivity index (χ0v) is 12.6. The van der Waals surface area contributed by atoms with Crippen molar-refractivity contribution in [3.8, 4) is 0 Å². The molecule has 0 aliphatic carbocycles. The zero-order chi connectivity index (χ0) is 14.4. The van der Waals surface area contributed by atoms with Crippen LogP contribution < -0.4 is 5.32 Å². The third-order valence-corrected chi connectivity index (χ3v) is 3.87. The molecule has 2 rings (SSSR count). The highest BCUT2D eigenvalue weighted by Crippen LogP contribution is 2.22. The first-order valence-electron chi connectivity index (χ1n) is 7.73. The van der Waals surface area contributed by atoms with Gasteiger partial charge in [0.2, 0.25) is 0 Å². The van der Waals surface area contributed by atoms with E-state index < -0.39 is 0 Å². The molecule has 1 aromatic carbocycles. The average Bonchev–Trinajstić information content (AvgIpc) is 2.91. The molecule has 1 aliphatic rings. The molecule has 1 fully saturated rings. The van der Waals surface area contributed by atoms with Gasteiger partial charge < -0.3 is 10.1 Å². The minimum Gasteiger partial charge on any atom is -0.378 e. The summed E-state index contributed by atoms with van der Waals surface area (Å²) >= 11 is 0. The first-order chi connectivity index (χ1) is 9.63. The first kappa shape index (κ1) is 15.5. The van der Waals surface area contributed by atoms with Crippen molar-refractivity contribution in [2.45, 2.75) is 51.7 Å². The van der Waals surface area contributed by atoms with Crippen molar-refractivity contribution in [1.82, 2.24) is 5.32 Å². The zero-order valence-electron chi connectivity index (χ0n) is 12.6. The third kappa shape index (κ3) is 5.22. The molecule has 2 unspecified atom stereocenters. The van der Waals surface area contributed by atoms with Crippen LogP contribution in [0.25, 0.3) is 0 Å². The van der Waals surface area contributed by atoms with Gasteiger partial charge in [-0.1, -0.05) is 26.0 Å². The maximum atomic E-state index is 13.0. The van der Waals surface area contributed by atoms with Crippen LogP contribution in [-0.4, -0.2) is 25.3 Å². The Bertz CT molecular complexity index is 384. The van der Waals surface area contributed by atoms with Gasteiger partial charge in [-0.25, -0.2) is 4.39 Å². The maximum absolute atomic E-state index is 13.0. The maximum Gasteiger partial charge on any atom is 0.123 e. The predicted octanol–water partition coefficient (Wildman–Crippen LogP) is 3.55. The second kappa shape index (κ2) is 7.75. The molecule has 0 aromatic heterocycles. The highest BCUT2D eigenvalue weighted by molar-refractivity contribution is 5.16. The first-order valence-corrected chi connectivity index (χ1v) is 7.73. The number of hydrogen-bond donors (Lipinski definition) is 1. The van der Waals surface area contributed by atoms with E-state index in [9.17, 15) is 4.39 Å². The van der Waals surface area contributed by atoms with Gasteiger partial charge in [-0.3, -0.25) is 0 Å². The molecule has 1 heterocycles. The molecule has 0 amide bonds. The molecule has 1 aromatic rings. The van der Waals surface area contributed by atoms with Crippen LogP contribution in [0.15, 0.2) is 24.3 Å². The summed E-state index contributed by atoms with van der Waals surface area (Å²) in [4.78, 5) is 0. The summed E-state index contributed by atoms with van der Waals surface area (Å²) < 4.78 is 18.7. The van der Waals surface area contributed by atoms with Crippen LogP contribution in [0.4, 0.5) is 4.39 Å². The lowest BCUT2D eigenvalue weighted by molar-refractivity contribution is 0.0889. The standard InChI is InChI=1S/C17H26FNO/c1-13(2)19-12-15(11-17-4-3-9-20-17)10-14-5-7-16(18)8-6-14/h5-8,13,15,17,19H,3-4,9-12H2,1-2H3. The highest BCUT2D eigenvalue weighted by Gasteiger charge is 2.21. The van der Waals surface area contributed by atoms with E-state index in [4.69, 9.17) is 4.74 Å². The van der Waals surface area contributed by atoms with Crippen molar-refractivity contribution >= 4 is 0 Å². The van der Waals surface area contributed by atoms with Crippen molar-refractivity contribution in [3.63, 3.8) is 0 Å². The van der Waals surface area contributed by atoms with Gasteiger partial charge in [-0.05, 0) is 55.8 Å². The summed E-state index contributed by atoms with van der Waals surface area (Å²) in [5, 5.41) is 3.52. The van der Waals surface area contributed by atoms with Gasteiger partial charge in [-0.15, -0.1) is 0 Å². The van der Waals surface area contributed by atoms with E-state index in [0.717, 1.165) is 26.0 Å². The minimum absolute atomic E-state index is 0.162. The van der Waals surface area contributed by atoms with Crippen LogP contribution in [0.3, 0.4) is 0 Å². The topological polar surface area (TPSA) is 21.3 Å². The molecule has 0 bridgehead atoms. The van der Waals surface area contributed by atoms with Crippen molar-refractivity contribution in [2.75, 3.05) is 13.2 Å². The summed E-state index contributed by atoms with van der Waals surface area (Å²) in [6.45, 7) is 6.24. The molecule has 1 aliphatic heterocycles. The largest absolute Gasteiger partial charge is 0.378 e. The van der Waals surface area contributed by atoms with E-state index in [1.807, 2.05) is 12.1 Å². The van der Waals surface area contributed by atoms with Crippen molar-refractivity contribution in [1.29, 1.82) is 0 Å². The minimum atomic E-state index is -0.162. The van der Waals surface area contributed by atoms with Crippen LogP contribution in [-0.2, 0) is 11.2 Å². The van der Waals surface area contributed by atoms with Gasteiger partial charge in [-0.2, -0.15) is 0 Å². The lowest BCUT2D eigenvalue weighted by Gasteiger charge is -2.22. The van der Waals surface area contributed by atoms with Gasteiger partial charge in [0.05, 0.1) is 6.10 Å². The summed E-state index contributed by atoms with van der Waals surface area (Å²) in [5.41, 5.74) is 1.21. The quantitative estimate of drug-likeness (QED) is 0.824. The lowest BCUT2D eigenvalue weighted by Crippen LogP contribution is -2.31. The molecular weight excluding hydrogens is 253 g/mol.